The summed E-state index contributed by atoms with van der Waals surface area (Å²) in [5.41, 5.74) is 3.41. The number of rotatable bonds is 3. The molecule has 0 aliphatic rings. The van der Waals surface area contributed by atoms with E-state index in [0.717, 1.165) is 16.7 Å². The predicted molar refractivity (Wildman–Crippen MR) is 99.1 cm³/mol. The average molecular weight is 336 g/mol. The van der Waals surface area contributed by atoms with E-state index in [1.54, 1.807) is 0 Å². The number of benzene rings is 2. The number of hydrogen-bond acceptors (Lipinski definition) is 4. The van der Waals surface area contributed by atoms with Gasteiger partial charge in [-0.2, -0.15) is 0 Å². The molecule has 0 saturated carbocycles. The lowest BCUT2D eigenvalue weighted by molar-refractivity contribution is 0.442. The Hall–Kier alpha value is -3.01. The molecule has 0 atom stereocenters. The Balaban J connectivity index is 2.25. The number of aromatic hydroxyl groups is 2. The minimum atomic E-state index is -0.318. The SMILES string of the molecule is CC(C)=CCc1c(O)cc2occ(-c3ccc(C)cc3)c(=O)c2c1O. The third kappa shape index (κ3) is 3.15. The molecule has 25 heavy (non-hydrogen) atoms. The van der Waals surface area contributed by atoms with Crippen LogP contribution in [0.1, 0.15) is 25.0 Å². The number of phenolic OH excluding ortho intramolecular Hbond substituents is 2. The van der Waals surface area contributed by atoms with E-state index in [0.29, 0.717) is 17.5 Å². The maximum Gasteiger partial charge on any atom is 0.204 e. The second kappa shape index (κ2) is 6.48. The van der Waals surface area contributed by atoms with Crippen molar-refractivity contribution in [1.82, 2.24) is 0 Å². The van der Waals surface area contributed by atoms with Crippen LogP contribution in [0.25, 0.3) is 22.1 Å². The average Bonchev–Trinajstić information content (AvgIpc) is 2.55. The van der Waals surface area contributed by atoms with E-state index < -0.39 is 0 Å². The van der Waals surface area contributed by atoms with Gasteiger partial charge < -0.3 is 14.6 Å². The third-order valence-corrected chi connectivity index (χ3v) is 4.20. The zero-order valence-corrected chi connectivity index (χ0v) is 14.5. The fourth-order valence-electron chi connectivity index (χ4n) is 2.74. The molecule has 0 radical (unpaired) electrons. The molecule has 0 spiro atoms. The van der Waals surface area contributed by atoms with Gasteiger partial charge in [0.05, 0.1) is 5.56 Å². The highest BCUT2D eigenvalue weighted by Gasteiger charge is 2.18. The molecule has 0 fully saturated rings. The molecular weight excluding hydrogens is 316 g/mol. The van der Waals surface area contributed by atoms with Crippen molar-refractivity contribution in [2.24, 2.45) is 0 Å². The van der Waals surface area contributed by atoms with Crippen LogP contribution >= 0.6 is 0 Å². The van der Waals surface area contributed by atoms with Gasteiger partial charge in [-0.05, 0) is 32.8 Å². The molecule has 4 nitrogen and oxygen atoms in total. The second-order valence-corrected chi connectivity index (χ2v) is 6.43. The van der Waals surface area contributed by atoms with Crippen LogP contribution < -0.4 is 5.43 Å². The highest BCUT2D eigenvalue weighted by atomic mass is 16.3. The van der Waals surface area contributed by atoms with Gasteiger partial charge in [-0.15, -0.1) is 0 Å². The van der Waals surface area contributed by atoms with Crippen molar-refractivity contribution in [3.63, 3.8) is 0 Å². The maximum absolute atomic E-state index is 12.9. The van der Waals surface area contributed by atoms with E-state index in [1.165, 1.54) is 12.3 Å². The molecule has 3 aromatic rings. The van der Waals surface area contributed by atoms with Crippen molar-refractivity contribution in [1.29, 1.82) is 0 Å². The van der Waals surface area contributed by atoms with Crippen LogP contribution in [0.2, 0.25) is 0 Å². The zero-order chi connectivity index (χ0) is 18.1. The van der Waals surface area contributed by atoms with Gasteiger partial charge in [-0.3, -0.25) is 4.79 Å². The molecule has 0 aliphatic carbocycles. The Morgan fingerprint density at radius 3 is 2.48 bits per heavy atom. The summed E-state index contributed by atoms with van der Waals surface area (Å²) in [5, 5.41) is 20.8. The van der Waals surface area contributed by atoms with Gasteiger partial charge in [0.2, 0.25) is 5.43 Å². The molecule has 4 heteroatoms. The summed E-state index contributed by atoms with van der Waals surface area (Å²) in [6, 6.07) is 8.89. The van der Waals surface area contributed by atoms with E-state index >= 15 is 0 Å². The van der Waals surface area contributed by atoms with Crippen molar-refractivity contribution in [2.45, 2.75) is 27.2 Å². The number of hydrogen-bond donors (Lipinski definition) is 2. The van der Waals surface area contributed by atoms with E-state index in [1.807, 2.05) is 51.1 Å². The van der Waals surface area contributed by atoms with Gasteiger partial charge in [0.1, 0.15) is 28.7 Å². The van der Waals surface area contributed by atoms with Crippen LogP contribution in [0.3, 0.4) is 0 Å². The Morgan fingerprint density at radius 1 is 1.16 bits per heavy atom. The van der Waals surface area contributed by atoms with Crippen molar-refractivity contribution >= 4 is 11.0 Å². The molecular formula is C21H20O4. The van der Waals surface area contributed by atoms with Gasteiger partial charge in [0.25, 0.3) is 0 Å². The summed E-state index contributed by atoms with van der Waals surface area (Å²) < 4.78 is 5.52. The van der Waals surface area contributed by atoms with Gasteiger partial charge in [-0.25, -0.2) is 0 Å². The van der Waals surface area contributed by atoms with Crippen molar-refractivity contribution in [3.8, 4) is 22.6 Å². The molecule has 1 heterocycles. The topological polar surface area (TPSA) is 70.7 Å². The monoisotopic (exact) mass is 336 g/mol. The lowest BCUT2D eigenvalue weighted by Gasteiger charge is -2.10. The van der Waals surface area contributed by atoms with Crippen molar-refractivity contribution in [3.05, 3.63) is 69.6 Å². The van der Waals surface area contributed by atoms with E-state index in [-0.39, 0.29) is 27.9 Å². The third-order valence-electron chi connectivity index (χ3n) is 4.20. The predicted octanol–water partition coefficient (Wildman–Crippen LogP) is 4.69. The first-order valence-electron chi connectivity index (χ1n) is 8.08. The zero-order valence-electron chi connectivity index (χ0n) is 14.5. The summed E-state index contributed by atoms with van der Waals surface area (Å²) in [5.74, 6) is -0.316. The summed E-state index contributed by atoms with van der Waals surface area (Å²) in [6.45, 7) is 5.83. The first-order valence-corrected chi connectivity index (χ1v) is 8.08. The van der Waals surface area contributed by atoms with E-state index in [4.69, 9.17) is 4.42 Å². The van der Waals surface area contributed by atoms with E-state index in [2.05, 4.69) is 0 Å². The Labute approximate surface area is 145 Å². The van der Waals surface area contributed by atoms with Gasteiger partial charge >= 0.3 is 0 Å². The Morgan fingerprint density at radius 2 is 1.84 bits per heavy atom. The molecule has 1 aromatic heterocycles. The smallest absolute Gasteiger partial charge is 0.204 e. The second-order valence-electron chi connectivity index (χ2n) is 6.43. The molecule has 2 N–H and O–H groups in total. The molecule has 0 unspecified atom stereocenters. The largest absolute Gasteiger partial charge is 0.507 e. The molecule has 0 bridgehead atoms. The van der Waals surface area contributed by atoms with E-state index in [9.17, 15) is 15.0 Å². The van der Waals surface area contributed by atoms with Crippen LogP contribution in [-0.2, 0) is 6.42 Å². The summed E-state index contributed by atoms with van der Waals surface area (Å²) in [7, 11) is 0. The van der Waals surface area contributed by atoms with Gasteiger partial charge in [0, 0.05) is 11.6 Å². The van der Waals surface area contributed by atoms with Crippen LogP contribution in [0.4, 0.5) is 0 Å². The minimum Gasteiger partial charge on any atom is -0.507 e. The first kappa shape index (κ1) is 16.8. The van der Waals surface area contributed by atoms with Crippen LogP contribution in [0.5, 0.6) is 11.5 Å². The fraction of sp³-hybridized carbons (Fsp3) is 0.190. The summed E-state index contributed by atoms with van der Waals surface area (Å²) in [6.07, 6.45) is 3.58. The van der Waals surface area contributed by atoms with Crippen LogP contribution in [0, 0.1) is 6.92 Å². The Bertz CT molecular complexity index is 1020. The first-order chi connectivity index (χ1) is 11.9. The summed E-state index contributed by atoms with van der Waals surface area (Å²) in [4.78, 5) is 12.9. The van der Waals surface area contributed by atoms with Crippen LogP contribution in [-0.4, -0.2) is 10.2 Å². The standard InChI is InChI=1S/C21H20O4/c1-12(2)4-9-15-17(22)10-18-19(20(15)23)21(24)16(11-25-18)14-7-5-13(3)6-8-14/h4-8,10-11,22-23H,9H2,1-3H3. The Kier molecular flexibility index (Phi) is 4.36. The molecule has 0 saturated heterocycles. The van der Waals surface area contributed by atoms with Crippen molar-refractivity contribution < 1.29 is 14.6 Å². The lowest BCUT2D eigenvalue weighted by Crippen LogP contribution is -2.06. The number of phenols is 2. The minimum absolute atomic E-state index is 0.0891. The molecule has 3 rings (SSSR count). The molecule has 0 amide bonds. The van der Waals surface area contributed by atoms with Gasteiger partial charge in [0.15, 0.2) is 0 Å². The number of fused-ring (bicyclic) bond motifs is 1. The quantitative estimate of drug-likeness (QED) is 0.681. The lowest BCUT2D eigenvalue weighted by atomic mass is 10.0. The van der Waals surface area contributed by atoms with Gasteiger partial charge in [-0.1, -0.05) is 41.5 Å². The normalized spacial score (nSPS) is 10.8. The fourth-order valence-corrected chi connectivity index (χ4v) is 2.74. The number of aryl methyl sites for hydroxylation is 1. The molecule has 128 valence electrons. The molecule has 2 aromatic carbocycles. The number of allylic oxidation sites excluding steroid dienone is 2. The van der Waals surface area contributed by atoms with Crippen molar-refractivity contribution in [2.75, 3.05) is 0 Å². The van der Waals surface area contributed by atoms with Crippen LogP contribution in [0.15, 0.2) is 57.5 Å². The molecule has 0 aliphatic heterocycles. The summed E-state index contributed by atoms with van der Waals surface area (Å²) >= 11 is 0. The highest BCUT2D eigenvalue weighted by Crippen LogP contribution is 2.35. The maximum atomic E-state index is 12.9. The highest BCUT2D eigenvalue weighted by molar-refractivity contribution is 5.89.